The lowest BCUT2D eigenvalue weighted by atomic mass is 9.99. The van der Waals surface area contributed by atoms with Crippen molar-refractivity contribution in [3.8, 4) is 0 Å². The third-order valence-corrected chi connectivity index (χ3v) is 1.75. The summed E-state index contributed by atoms with van der Waals surface area (Å²) in [7, 11) is 1.33. The van der Waals surface area contributed by atoms with Crippen molar-refractivity contribution in [2.75, 3.05) is 7.11 Å². The Bertz CT molecular complexity index is 163. The summed E-state index contributed by atoms with van der Waals surface area (Å²) in [6, 6.07) is 0. The number of hydrogen-bond donors (Lipinski definition) is 0. The van der Waals surface area contributed by atoms with Crippen LogP contribution in [0.25, 0.3) is 0 Å². The van der Waals surface area contributed by atoms with Crippen molar-refractivity contribution in [2.24, 2.45) is 5.92 Å². The maximum Gasteiger partial charge on any atom is 0.306 e. The summed E-state index contributed by atoms with van der Waals surface area (Å²) in [4.78, 5) is 21.9. The highest BCUT2D eigenvalue weighted by atomic mass is 16.5. The molecular weight excluding hydrogens is 156 g/mol. The normalized spacial score (nSPS) is 12.2. The highest BCUT2D eigenvalue weighted by Gasteiger charge is 2.15. The molecule has 0 aliphatic rings. The summed E-state index contributed by atoms with van der Waals surface area (Å²) < 4.78 is 4.46. The minimum atomic E-state index is -0.313. The van der Waals surface area contributed by atoms with E-state index in [4.69, 9.17) is 0 Å². The Hall–Kier alpha value is -0.860. The van der Waals surface area contributed by atoms with Gasteiger partial charge in [0.1, 0.15) is 5.78 Å². The fourth-order valence-electron chi connectivity index (χ4n) is 0.940. The molecule has 0 aliphatic heterocycles. The first-order chi connectivity index (χ1) is 5.61. The molecule has 0 aromatic carbocycles. The van der Waals surface area contributed by atoms with Crippen LogP contribution in [0.1, 0.15) is 33.1 Å². The van der Waals surface area contributed by atoms with Crippen LogP contribution in [-0.4, -0.2) is 18.9 Å². The molecule has 0 radical (unpaired) electrons. The van der Waals surface area contributed by atoms with E-state index in [0.29, 0.717) is 6.42 Å². The SMILES string of the molecule is CCCC(=O)[C@@H](C)CC(=O)OC. The maximum absolute atomic E-state index is 11.2. The Morgan fingerprint density at radius 3 is 2.42 bits per heavy atom. The van der Waals surface area contributed by atoms with Gasteiger partial charge < -0.3 is 4.74 Å². The molecule has 0 amide bonds. The molecule has 1 atom stereocenters. The second-order valence-electron chi connectivity index (χ2n) is 2.90. The average Bonchev–Trinajstić information content (AvgIpc) is 2.04. The molecule has 70 valence electrons. The van der Waals surface area contributed by atoms with Gasteiger partial charge in [0.15, 0.2) is 0 Å². The topological polar surface area (TPSA) is 43.4 Å². The van der Waals surface area contributed by atoms with Crippen LogP contribution in [0.4, 0.5) is 0 Å². The summed E-state index contributed by atoms with van der Waals surface area (Å²) in [5.41, 5.74) is 0. The van der Waals surface area contributed by atoms with Gasteiger partial charge in [0, 0.05) is 12.3 Å². The number of carbonyl (C=O) groups excluding carboxylic acids is 2. The molecule has 0 aromatic rings. The first-order valence-electron chi connectivity index (χ1n) is 4.21. The highest BCUT2D eigenvalue weighted by molar-refractivity contribution is 5.84. The van der Waals surface area contributed by atoms with Crippen molar-refractivity contribution in [1.29, 1.82) is 0 Å². The summed E-state index contributed by atoms with van der Waals surface area (Å²) in [5.74, 6) is -0.368. The van der Waals surface area contributed by atoms with Gasteiger partial charge in [-0.1, -0.05) is 13.8 Å². The Labute approximate surface area is 73.1 Å². The van der Waals surface area contributed by atoms with Crippen molar-refractivity contribution >= 4 is 11.8 Å². The number of methoxy groups -OCH3 is 1. The Morgan fingerprint density at radius 1 is 1.42 bits per heavy atom. The molecule has 0 spiro atoms. The molecule has 0 heterocycles. The van der Waals surface area contributed by atoms with Crippen molar-refractivity contribution in [3.63, 3.8) is 0 Å². The van der Waals surface area contributed by atoms with Gasteiger partial charge in [-0.05, 0) is 6.42 Å². The van der Waals surface area contributed by atoms with E-state index in [9.17, 15) is 9.59 Å². The Kier molecular flexibility index (Phi) is 5.34. The molecule has 0 bridgehead atoms. The van der Waals surface area contributed by atoms with E-state index in [1.54, 1.807) is 6.92 Å². The minimum Gasteiger partial charge on any atom is -0.469 e. The van der Waals surface area contributed by atoms with E-state index in [1.165, 1.54) is 7.11 Å². The molecule has 3 nitrogen and oxygen atoms in total. The predicted molar refractivity (Wildman–Crippen MR) is 45.7 cm³/mol. The smallest absolute Gasteiger partial charge is 0.306 e. The van der Waals surface area contributed by atoms with Gasteiger partial charge in [0.25, 0.3) is 0 Å². The third kappa shape index (κ3) is 4.11. The molecule has 3 heteroatoms. The van der Waals surface area contributed by atoms with Crippen LogP contribution in [0.15, 0.2) is 0 Å². The maximum atomic E-state index is 11.2. The van der Waals surface area contributed by atoms with Crippen LogP contribution in [0.2, 0.25) is 0 Å². The quantitative estimate of drug-likeness (QED) is 0.591. The van der Waals surface area contributed by atoms with Crippen LogP contribution in [0, 0.1) is 5.92 Å². The van der Waals surface area contributed by atoms with Crippen LogP contribution in [-0.2, 0) is 14.3 Å². The summed E-state index contributed by atoms with van der Waals surface area (Å²) in [6.45, 7) is 3.71. The first-order valence-corrected chi connectivity index (χ1v) is 4.21. The monoisotopic (exact) mass is 172 g/mol. The van der Waals surface area contributed by atoms with Gasteiger partial charge in [-0.15, -0.1) is 0 Å². The van der Waals surface area contributed by atoms with Gasteiger partial charge in [-0.3, -0.25) is 9.59 Å². The second-order valence-corrected chi connectivity index (χ2v) is 2.90. The zero-order valence-electron chi connectivity index (χ0n) is 7.92. The lowest BCUT2D eigenvalue weighted by molar-refractivity contribution is -0.143. The van der Waals surface area contributed by atoms with E-state index in [-0.39, 0.29) is 24.1 Å². The van der Waals surface area contributed by atoms with Gasteiger partial charge in [0.05, 0.1) is 13.5 Å². The number of hydrogen-bond acceptors (Lipinski definition) is 3. The molecule has 0 unspecified atom stereocenters. The van der Waals surface area contributed by atoms with Crippen LogP contribution >= 0.6 is 0 Å². The van der Waals surface area contributed by atoms with E-state index in [2.05, 4.69) is 4.74 Å². The third-order valence-electron chi connectivity index (χ3n) is 1.75. The number of ketones is 1. The van der Waals surface area contributed by atoms with Crippen molar-refractivity contribution in [3.05, 3.63) is 0 Å². The number of esters is 1. The fourth-order valence-corrected chi connectivity index (χ4v) is 0.940. The molecule has 0 saturated heterocycles. The van der Waals surface area contributed by atoms with E-state index < -0.39 is 0 Å². The minimum absolute atomic E-state index is 0.142. The molecule has 0 aromatic heterocycles. The summed E-state index contributed by atoms with van der Waals surface area (Å²) >= 11 is 0. The Morgan fingerprint density at radius 2 is 2.00 bits per heavy atom. The summed E-state index contributed by atoms with van der Waals surface area (Å²) in [6.07, 6.45) is 1.60. The Balaban J connectivity index is 3.78. The number of rotatable bonds is 5. The van der Waals surface area contributed by atoms with Crippen molar-refractivity contribution in [2.45, 2.75) is 33.1 Å². The predicted octanol–water partition coefficient (Wildman–Crippen LogP) is 1.55. The van der Waals surface area contributed by atoms with Gasteiger partial charge in [-0.2, -0.15) is 0 Å². The highest BCUT2D eigenvalue weighted by Crippen LogP contribution is 2.08. The molecule has 0 rings (SSSR count). The van der Waals surface area contributed by atoms with Gasteiger partial charge in [0.2, 0.25) is 0 Å². The summed E-state index contributed by atoms with van der Waals surface area (Å²) in [5, 5.41) is 0. The number of carbonyl (C=O) groups is 2. The number of Topliss-reactive ketones (excluding diaryl/α,β-unsaturated/α-hetero) is 1. The van der Waals surface area contributed by atoms with Crippen molar-refractivity contribution in [1.82, 2.24) is 0 Å². The molecular formula is C9H16O3. The molecule has 0 N–H and O–H groups in total. The number of ether oxygens (including phenoxy) is 1. The zero-order valence-corrected chi connectivity index (χ0v) is 7.92. The molecule has 0 aliphatic carbocycles. The van der Waals surface area contributed by atoms with Crippen LogP contribution < -0.4 is 0 Å². The molecule has 0 saturated carbocycles. The lowest BCUT2D eigenvalue weighted by Crippen LogP contribution is -2.15. The fraction of sp³-hybridized carbons (Fsp3) is 0.778. The van der Waals surface area contributed by atoms with E-state index in [1.807, 2.05) is 6.92 Å². The standard InChI is InChI=1S/C9H16O3/c1-4-5-8(10)7(2)6-9(11)12-3/h7H,4-6H2,1-3H3/t7-/m0/s1. The second kappa shape index (κ2) is 5.75. The van der Waals surface area contributed by atoms with Gasteiger partial charge >= 0.3 is 5.97 Å². The average molecular weight is 172 g/mol. The van der Waals surface area contributed by atoms with Crippen LogP contribution in [0.3, 0.4) is 0 Å². The van der Waals surface area contributed by atoms with E-state index >= 15 is 0 Å². The zero-order chi connectivity index (χ0) is 9.56. The van der Waals surface area contributed by atoms with Crippen molar-refractivity contribution < 1.29 is 14.3 Å². The molecule has 0 fully saturated rings. The lowest BCUT2D eigenvalue weighted by Gasteiger charge is -2.07. The molecule has 12 heavy (non-hydrogen) atoms. The van der Waals surface area contributed by atoms with E-state index in [0.717, 1.165) is 6.42 Å². The van der Waals surface area contributed by atoms with Crippen LogP contribution in [0.5, 0.6) is 0 Å². The first kappa shape index (κ1) is 11.1. The van der Waals surface area contributed by atoms with Gasteiger partial charge in [-0.25, -0.2) is 0 Å². The largest absolute Gasteiger partial charge is 0.469 e.